The summed E-state index contributed by atoms with van der Waals surface area (Å²) in [6, 6.07) is 14.5. The maximum atomic E-state index is 14.0. The molecule has 0 aliphatic heterocycles. The van der Waals surface area contributed by atoms with Crippen LogP contribution in [0.25, 0.3) is 0 Å². The van der Waals surface area contributed by atoms with Gasteiger partial charge in [-0.2, -0.15) is 0 Å². The number of benzene rings is 2. The van der Waals surface area contributed by atoms with E-state index in [4.69, 9.17) is 14.2 Å². The zero-order chi connectivity index (χ0) is 16.7. The van der Waals surface area contributed by atoms with Gasteiger partial charge in [0, 0.05) is 20.3 Å². The van der Waals surface area contributed by atoms with Crippen LogP contribution in [0.1, 0.15) is 24.5 Å². The van der Waals surface area contributed by atoms with Crippen molar-refractivity contribution in [3.05, 3.63) is 65.5 Å². The lowest BCUT2D eigenvalue weighted by molar-refractivity contribution is -0.0722. The minimum atomic E-state index is -0.679. The van der Waals surface area contributed by atoms with Gasteiger partial charge in [-0.1, -0.05) is 37.3 Å². The van der Waals surface area contributed by atoms with Crippen molar-refractivity contribution in [2.24, 2.45) is 0 Å². The van der Waals surface area contributed by atoms with Crippen molar-refractivity contribution in [2.45, 2.75) is 25.6 Å². The Labute approximate surface area is 137 Å². The third kappa shape index (κ3) is 4.30. The fourth-order valence-electron chi connectivity index (χ4n) is 2.59. The molecule has 0 fully saturated rings. The molecule has 0 radical (unpaired) electrons. The highest BCUT2D eigenvalue weighted by Gasteiger charge is 2.31. The van der Waals surface area contributed by atoms with Crippen molar-refractivity contribution in [3.8, 4) is 5.75 Å². The molecule has 1 atom stereocenters. The number of hydrogen-bond acceptors (Lipinski definition) is 3. The van der Waals surface area contributed by atoms with Crippen LogP contribution >= 0.6 is 0 Å². The van der Waals surface area contributed by atoms with E-state index in [1.54, 1.807) is 14.2 Å². The summed E-state index contributed by atoms with van der Waals surface area (Å²) >= 11 is 0. The SMILES string of the molecule is CCC(COC)(OC)c1cc(F)cc(OCc2ccccc2)c1. The molecule has 0 heterocycles. The number of ether oxygens (including phenoxy) is 3. The van der Waals surface area contributed by atoms with Gasteiger partial charge in [-0.15, -0.1) is 0 Å². The molecule has 0 N–H and O–H groups in total. The molecule has 1 unspecified atom stereocenters. The van der Waals surface area contributed by atoms with Crippen molar-refractivity contribution in [3.63, 3.8) is 0 Å². The second kappa shape index (κ2) is 8.09. The monoisotopic (exact) mass is 318 g/mol. The van der Waals surface area contributed by atoms with E-state index in [1.165, 1.54) is 12.1 Å². The van der Waals surface area contributed by atoms with E-state index in [-0.39, 0.29) is 5.82 Å². The Balaban J connectivity index is 2.24. The topological polar surface area (TPSA) is 27.7 Å². The van der Waals surface area contributed by atoms with E-state index in [0.29, 0.717) is 30.9 Å². The summed E-state index contributed by atoms with van der Waals surface area (Å²) in [5.74, 6) is 0.131. The van der Waals surface area contributed by atoms with Gasteiger partial charge in [0.25, 0.3) is 0 Å². The lowest BCUT2D eigenvalue weighted by atomic mass is 9.91. The third-order valence-electron chi connectivity index (χ3n) is 3.99. The normalized spacial score (nSPS) is 13.6. The standard InChI is InChI=1S/C19H23FO3/c1-4-19(22-3,14-21-2)16-10-17(20)12-18(11-16)23-13-15-8-6-5-7-9-15/h5-12H,4,13-14H2,1-3H3. The number of hydrogen-bond donors (Lipinski definition) is 0. The van der Waals surface area contributed by atoms with E-state index < -0.39 is 5.60 Å². The van der Waals surface area contributed by atoms with E-state index in [1.807, 2.05) is 43.3 Å². The first-order chi connectivity index (χ1) is 11.1. The second-order valence-corrected chi connectivity index (χ2v) is 5.43. The summed E-state index contributed by atoms with van der Waals surface area (Å²) in [5, 5.41) is 0. The van der Waals surface area contributed by atoms with Crippen LogP contribution in [0.15, 0.2) is 48.5 Å². The van der Waals surface area contributed by atoms with E-state index >= 15 is 0 Å². The second-order valence-electron chi connectivity index (χ2n) is 5.43. The molecule has 0 saturated carbocycles. The van der Waals surface area contributed by atoms with E-state index in [0.717, 1.165) is 5.56 Å². The van der Waals surface area contributed by atoms with Gasteiger partial charge in [0.05, 0.1) is 6.61 Å². The number of rotatable bonds is 8. The first-order valence-electron chi connectivity index (χ1n) is 7.65. The Morgan fingerprint density at radius 1 is 1.04 bits per heavy atom. The van der Waals surface area contributed by atoms with Gasteiger partial charge in [-0.05, 0) is 29.7 Å². The number of halogens is 1. The van der Waals surface area contributed by atoms with Crippen LogP contribution in [0.3, 0.4) is 0 Å². The molecule has 4 heteroatoms. The first kappa shape index (κ1) is 17.4. The lowest BCUT2D eigenvalue weighted by Crippen LogP contribution is -2.33. The smallest absolute Gasteiger partial charge is 0.127 e. The summed E-state index contributed by atoms with van der Waals surface area (Å²) in [7, 11) is 3.22. The summed E-state index contributed by atoms with van der Waals surface area (Å²) in [4.78, 5) is 0. The highest BCUT2D eigenvalue weighted by atomic mass is 19.1. The Morgan fingerprint density at radius 3 is 2.39 bits per heavy atom. The zero-order valence-electron chi connectivity index (χ0n) is 13.8. The van der Waals surface area contributed by atoms with Gasteiger partial charge in [-0.3, -0.25) is 0 Å². The van der Waals surface area contributed by atoms with Crippen molar-refractivity contribution < 1.29 is 18.6 Å². The minimum absolute atomic E-state index is 0.349. The lowest BCUT2D eigenvalue weighted by Gasteiger charge is -2.31. The Kier molecular flexibility index (Phi) is 6.13. The van der Waals surface area contributed by atoms with Crippen molar-refractivity contribution in [1.29, 1.82) is 0 Å². The molecule has 3 nitrogen and oxygen atoms in total. The fourth-order valence-corrected chi connectivity index (χ4v) is 2.59. The Hall–Kier alpha value is -1.91. The van der Waals surface area contributed by atoms with Gasteiger partial charge in [0.15, 0.2) is 0 Å². The number of methoxy groups -OCH3 is 2. The summed E-state index contributed by atoms with van der Waals surface area (Å²) in [6.45, 7) is 2.72. The quantitative estimate of drug-likeness (QED) is 0.726. The fraction of sp³-hybridized carbons (Fsp3) is 0.368. The molecule has 0 saturated heterocycles. The van der Waals surface area contributed by atoms with Crippen LogP contribution in [0, 0.1) is 5.82 Å². The molecule has 0 aliphatic carbocycles. The van der Waals surface area contributed by atoms with Gasteiger partial charge >= 0.3 is 0 Å². The predicted molar refractivity (Wildman–Crippen MR) is 88.0 cm³/mol. The summed E-state index contributed by atoms with van der Waals surface area (Å²) in [6.07, 6.45) is 0.666. The van der Waals surface area contributed by atoms with E-state index in [9.17, 15) is 4.39 Å². The van der Waals surface area contributed by atoms with E-state index in [2.05, 4.69) is 0 Å². The summed E-state index contributed by atoms with van der Waals surface area (Å²) in [5.41, 5.74) is 1.07. The predicted octanol–water partition coefficient (Wildman–Crippen LogP) is 4.30. The van der Waals surface area contributed by atoms with Crippen LogP contribution in [-0.2, 0) is 21.7 Å². The van der Waals surface area contributed by atoms with Gasteiger partial charge in [0.2, 0.25) is 0 Å². The van der Waals surface area contributed by atoms with Crippen molar-refractivity contribution in [1.82, 2.24) is 0 Å². The average Bonchev–Trinajstić information content (AvgIpc) is 2.58. The van der Waals surface area contributed by atoms with Crippen LogP contribution in [0.2, 0.25) is 0 Å². The largest absolute Gasteiger partial charge is 0.489 e. The first-order valence-corrected chi connectivity index (χ1v) is 7.65. The van der Waals surface area contributed by atoms with Crippen molar-refractivity contribution >= 4 is 0 Å². The molecular weight excluding hydrogens is 295 g/mol. The molecular formula is C19H23FO3. The van der Waals surface area contributed by atoms with Crippen LogP contribution < -0.4 is 4.74 Å². The molecule has 23 heavy (non-hydrogen) atoms. The minimum Gasteiger partial charge on any atom is -0.489 e. The van der Waals surface area contributed by atoms with Gasteiger partial charge < -0.3 is 14.2 Å². The molecule has 0 amide bonds. The third-order valence-corrected chi connectivity index (χ3v) is 3.99. The van der Waals surface area contributed by atoms with Gasteiger partial charge in [0.1, 0.15) is 23.8 Å². The molecule has 2 aromatic rings. The molecule has 0 spiro atoms. The van der Waals surface area contributed by atoms with Crippen molar-refractivity contribution in [2.75, 3.05) is 20.8 Å². The Morgan fingerprint density at radius 2 is 1.78 bits per heavy atom. The van der Waals surface area contributed by atoms with Crippen LogP contribution in [0.4, 0.5) is 4.39 Å². The molecule has 0 aliphatic rings. The maximum absolute atomic E-state index is 14.0. The van der Waals surface area contributed by atoms with Crippen LogP contribution in [0.5, 0.6) is 5.75 Å². The highest BCUT2D eigenvalue weighted by molar-refractivity contribution is 5.34. The molecule has 0 aromatic heterocycles. The molecule has 2 aromatic carbocycles. The maximum Gasteiger partial charge on any atom is 0.127 e. The zero-order valence-corrected chi connectivity index (χ0v) is 13.8. The van der Waals surface area contributed by atoms with Crippen LogP contribution in [-0.4, -0.2) is 20.8 Å². The average molecular weight is 318 g/mol. The highest BCUT2D eigenvalue weighted by Crippen LogP contribution is 2.32. The van der Waals surface area contributed by atoms with Gasteiger partial charge in [-0.25, -0.2) is 4.39 Å². The summed E-state index contributed by atoms with van der Waals surface area (Å²) < 4.78 is 30.7. The molecule has 124 valence electrons. The molecule has 2 rings (SSSR count). The Bertz CT molecular complexity index is 609. The molecule has 0 bridgehead atoms.